The summed E-state index contributed by atoms with van der Waals surface area (Å²) in [6, 6.07) is 4.34. The number of pyridine rings is 1. The summed E-state index contributed by atoms with van der Waals surface area (Å²) in [5.41, 5.74) is 0.930. The van der Waals surface area contributed by atoms with Gasteiger partial charge in [-0.2, -0.15) is 0 Å². The zero-order chi connectivity index (χ0) is 12.7. The molecule has 0 saturated carbocycles. The number of nitrogens with zero attached hydrogens (tertiary/aromatic N) is 2. The molecular weight excluding hydrogens is 212 g/mol. The Bertz CT molecular complexity index is 328. The molecule has 0 fully saturated rings. The van der Waals surface area contributed by atoms with E-state index in [-0.39, 0.29) is 6.61 Å². The Balaban J connectivity index is 2.86. The van der Waals surface area contributed by atoms with Gasteiger partial charge in [0.25, 0.3) is 0 Å². The van der Waals surface area contributed by atoms with Crippen LogP contribution >= 0.6 is 0 Å². The Morgan fingerprint density at radius 3 is 2.76 bits per heavy atom. The minimum atomic E-state index is 0.0810. The molecular formula is C14H24N2O. The van der Waals surface area contributed by atoms with Crippen molar-refractivity contribution in [2.45, 2.75) is 52.7 Å². The Morgan fingerprint density at radius 1 is 1.41 bits per heavy atom. The lowest BCUT2D eigenvalue weighted by molar-refractivity contribution is 0.281. The molecule has 1 rings (SSSR count). The highest BCUT2D eigenvalue weighted by Crippen LogP contribution is 2.18. The summed E-state index contributed by atoms with van der Waals surface area (Å²) in [6.45, 7) is 7.74. The van der Waals surface area contributed by atoms with Gasteiger partial charge in [0.05, 0.1) is 6.61 Å². The zero-order valence-electron chi connectivity index (χ0n) is 11.2. The second-order valence-corrected chi connectivity index (χ2v) is 4.48. The van der Waals surface area contributed by atoms with E-state index in [4.69, 9.17) is 5.11 Å². The van der Waals surface area contributed by atoms with Gasteiger partial charge in [-0.3, -0.25) is 0 Å². The fraction of sp³-hybridized carbons (Fsp3) is 0.643. The van der Waals surface area contributed by atoms with Crippen molar-refractivity contribution < 1.29 is 5.11 Å². The lowest BCUT2D eigenvalue weighted by Gasteiger charge is -2.30. The van der Waals surface area contributed by atoms with Gasteiger partial charge in [0, 0.05) is 18.8 Å². The Hall–Kier alpha value is -1.09. The molecule has 1 atom stereocenters. The van der Waals surface area contributed by atoms with Gasteiger partial charge in [-0.1, -0.05) is 20.3 Å². The normalized spacial score (nSPS) is 12.5. The molecule has 0 spiro atoms. The van der Waals surface area contributed by atoms with Crippen molar-refractivity contribution in [1.82, 2.24) is 4.98 Å². The van der Waals surface area contributed by atoms with Crippen LogP contribution in [0.2, 0.25) is 0 Å². The molecule has 0 saturated heterocycles. The van der Waals surface area contributed by atoms with Crippen LogP contribution < -0.4 is 4.90 Å². The number of unbranched alkanes of at least 4 members (excludes halogenated alkanes) is 1. The van der Waals surface area contributed by atoms with Crippen LogP contribution in [-0.2, 0) is 6.61 Å². The fourth-order valence-electron chi connectivity index (χ4n) is 1.83. The lowest BCUT2D eigenvalue weighted by atomic mass is 10.2. The predicted molar refractivity (Wildman–Crippen MR) is 72.2 cm³/mol. The average Bonchev–Trinajstić information content (AvgIpc) is 2.39. The molecule has 1 N–H and O–H groups in total. The summed E-state index contributed by atoms with van der Waals surface area (Å²) >= 11 is 0. The summed E-state index contributed by atoms with van der Waals surface area (Å²) in [5, 5.41) is 9.17. The molecule has 0 bridgehead atoms. The van der Waals surface area contributed by atoms with E-state index in [2.05, 4.69) is 30.7 Å². The number of aromatic nitrogens is 1. The first-order chi connectivity index (χ1) is 8.22. The van der Waals surface area contributed by atoms with Crippen LogP contribution in [0.5, 0.6) is 0 Å². The Kier molecular flexibility index (Phi) is 5.98. The second kappa shape index (κ2) is 7.28. The SMILES string of the molecule is CCCCN(c1cc(CO)ccn1)C(C)CC. The van der Waals surface area contributed by atoms with E-state index in [1.54, 1.807) is 6.20 Å². The first-order valence-electron chi connectivity index (χ1n) is 6.55. The molecule has 1 heterocycles. The first-order valence-corrected chi connectivity index (χ1v) is 6.55. The second-order valence-electron chi connectivity index (χ2n) is 4.48. The molecule has 0 aliphatic carbocycles. The summed E-state index contributed by atoms with van der Waals surface area (Å²) < 4.78 is 0. The highest BCUT2D eigenvalue weighted by atomic mass is 16.3. The Morgan fingerprint density at radius 2 is 2.18 bits per heavy atom. The summed E-state index contributed by atoms with van der Waals surface area (Å²) in [7, 11) is 0. The van der Waals surface area contributed by atoms with Crippen molar-refractivity contribution in [2.24, 2.45) is 0 Å². The van der Waals surface area contributed by atoms with E-state index >= 15 is 0 Å². The van der Waals surface area contributed by atoms with Gasteiger partial charge in [0.1, 0.15) is 5.82 Å². The van der Waals surface area contributed by atoms with Crippen LogP contribution in [0.15, 0.2) is 18.3 Å². The Labute approximate surface area is 104 Å². The van der Waals surface area contributed by atoms with Crippen molar-refractivity contribution >= 4 is 5.82 Å². The molecule has 17 heavy (non-hydrogen) atoms. The standard InChI is InChI=1S/C14H24N2O/c1-4-6-9-16(12(3)5-2)14-10-13(11-17)7-8-15-14/h7-8,10,12,17H,4-6,9,11H2,1-3H3. The first kappa shape index (κ1) is 14.0. The van der Waals surface area contributed by atoms with Crippen molar-refractivity contribution in [3.8, 4) is 0 Å². The molecule has 0 aromatic carbocycles. The zero-order valence-corrected chi connectivity index (χ0v) is 11.2. The maximum Gasteiger partial charge on any atom is 0.129 e. The number of aliphatic hydroxyl groups is 1. The van der Waals surface area contributed by atoms with Gasteiger partial charge in [0.2, 0.25) is 0 Å². The highest BCUT2D eigenvalue weighted by Gasteiger charge is 2.13. The lowest BCUT2D eigenvalue weighted by Crippen LogP contribution is -2.34. The quantitative estimate of drug-likeness (QED) is 0.790. The van der Waals surface area contributed by atoms with E-state index in [1.807, 2.05) is 12.1 Å². The van der Waals surface area contributed by atoms with E-state index in [9.17, 15) is 0 Å². The monoisotopic (exact) mass is 236 g/mol. The smallest absolute Gasteiger partial charge is 0.129 e. The van der Waals surface area contributed by atoms with Crippen molar-refractivity contribution in [2.75, 3.05) is 11.4 Å². The van der Waals surface area contributed by atoms with Crippen LogP contribution in [0.1, 0.15) is 45.6 Å². The van der Waals surface area contributed by atoms with Crippen molar-refractivity contribution in [1.29, 1.82) is 0 Å². The molecule has 1 unspecified atom stereocenters. The molecule has 3 nitrogen and oxygen atoms in total. The van der Waals surface area contributed by atoms with Gasteiger partial charge in [-0.15, -0.1) is 0 Å². The highest BCUT2D eigenvalue weighted by molar-refractivity contribution is 5.41. The molecule has 1 aromatic rings. The summed E-state index contributed by atoms with van der Waals surface area (Å²) in [6.07, 6.45) is 5.25. The number of anilines is 1. The van der Waals surface area contributed by atoms with Crippen LogP contribution in [0, 0.1) is 0 Å². The largest absolute Gasteiger partial charge is 0.392 e. The van der Waals surface area contributed by atoms with E-state index < -0.39 is 0 Å². The number of hydrogen-bond donors (Lipinski definition) is 1. The topological polar surface area (TPSA) is 36.4 Å². The van der Waals surface area contributed by atoms with Crippen LogP contribution in [-0.4, -0.2) is 22.7 Å². The molecule has 0 amide bonds. The van der Waals surface area contributed by atoms with Gasteiger partial charge in [-0.05, 0) is 37.5 Å². The maximum atomic E-state index is 9.17. The van der Waals surface area contributed by atoms with E-state index in [0.29, 0.717) is 6.04 Å². The van der Waals surface area contributed by atoms with Crippen LogP contribution in [0.3, 0.4) is 0 Å². The molecule has 3 heteroatoms. The fourth-order valence-corrected chi connectivity index (χ4v) is 1.83. The third kappa shape index (κ3) is 4.00. The minimum Gasteiger partial charge on any atom is -0.392 e. The maximum absolute atomic E-state index is 9.17. The third-order valence-electron chi connectivity index (χ3n) is 3.16. The average molecular weight is 236 g/mol. The van der Waals surface area contributed by atoms with Gasteiger partial charge < -0.3 is 10.0 Å². The van der Waals surface area contributed by atoms with Crippen molar-refractivity contribution in [3.05, 3.63) is 23.9 Å². The summed E-state index contributed by atoms with van der Waals surface area (Å²) in [5.74, 6) is 0.986. The molecule has 1 aromatic heterocycles. The summed E-state index contributed by atoms with van der Waals surface area (Å²) in [4.78, 5) is 6.76. The third-order valence-corrected chi connectivity index (χ3v) is 3.16. The minimum absolute atomic E-state index is 0.0810. The van der Waals surface area contributed by atoms with Gasteiger partial charge >= 0.3 is 0 Å². The number of hydrogen-bond acceptors (Lipinski definition) is 3. The molecule has 0 aliphatic rings. The van der Waals surface area contributed by atoms with Crippen LogP contribution in [0.25, 0.3) is 0 Å². The molecule has 0 radical (unpaired) electrons. The van der Waals surface area contributed by atoms with Crippen molar-refractivity contribution in [3.63, 3.8) is 0 Å². The predicted octanol–water partition coefficient (Wildman–Crippen LogP) is 2.98. The van der Waals surface area contributed by atoms with E-state index in [0.717, 1.165) is 24.3 Å². The van der Waals surface area contributed by atoms with Gasteiger partial charge in [-0.25, -0.2) is 4.98 Å². The number of rotatable bonds is 7. The van der Waals surface area contributed by atoms with E-state index in [1.165, 1.54) is 12.8 Å². The van der Waals surface area contributed by atoms with Crippen LogP contribution in [0.4, 0.5) is 5.82 Å². The van der Waals surface area contributed by atoms with Gasteiger partial charge in [0.15, 0.2) is 0 Å². The molecule has 0 aliphatic heterocycles. The molecule has 96 valence electrons. The number of aliphatic hydroxyl groups excluding tert-OH is 1.